The monoisotopic (exact) mass is 345 g/mol. The summed E-state index contributed by atoms with van der Waals surface area (Å²) in [5.41, 5.74) is 0.996. The molecule has 0 aliphatic heterocycles. The molecule has 3 nitrogen and oxygen atoms in total. The molecular formula is C21H28FNO2. The largest absolute Gasteiger partial charge is 0.395 e. The molecule has 1 aromatic rings. The van der Waals surface area contributed by atoms with Gasteiger partial charge in [-0.05, 0) is 73.5 Å². The van der Waals surface area contributed by atoms with Crippen LogP contribution in [0.5, 0.6) is 0 Å². The van der Waals surface area contributed by atoms with Gasteiger partial charge in [0.25, 0.3) is 0 Å². The molecule has 4 saturated carbocycles. The van der Waals surface area contributed by atoms with Gasteiger partial charge in [-0.1, -0.05) is 12.1 Å². The highest BCUT2D eigenvalue weighted by Crippen LogP contribution is 2.64. The van der Waals surface area contributed by atoms with Crippen molar-refractivity contribution in [3.63, 3.8) is 0 Å². The van der Waals surface area contributed by atoms with Crippen molar-refractivity contribution in [2.75, 3.05) is 20.2 Å². The molecule has 25 heavy (non-hydrogen) atoms. The standard InChI is InChI=1S/C21H28FNO2/c1-23(6-7-24)20(25)13-21(16-2-4-19(22)5-3-16)17-9-14-8-15(11-17)12-18(21)10-14/h2-5,14-15,17-18,24H,6-13H2,1H3. The second-order valence-corrected chi connectivity index (χ2v) is 8.57. The molecule has 0 heterocycles. The van der Waals surface area contributed by atoms with Gasteiger partial charge in [-0.2, -0.15) is 0 Å². The SMILES string of the molecule is CN(CCO)C(=O)CC1(c2ccc(F)cc2)C2CC3CC(C2)CC1C3. The number of rotatable bonds is 5. The first kappa shape index (κ1) is 17.0. The maximum Gasteiger partial charge on any atom is 0.223 e. The molecule has 0 radical (unpaired) electrons. The number of amides is 1. The van der Waals surface area contributed by atoms with E-state index in [9.17, 15) is 9.18 Å². The fourth-order valence-corrected chi connectivity index (χ4v) is 6.31. The Morgan fingerprint density at radius 2 is 1.68 bits per heavy atom. The van der Waals surface area contributed by atoms with E-state index < -0.39 is 0 Å². The fraction of sp³-hybridized carbons (Fsp3) is 0.667. The minimum Gasteiger partial charge on any atom is -0.395 e. The number of benzene rings is 1. The van der Waals surface area contributed by atoms with Crippen LogP contribution >= 0.6 is 0 Å². The van der Waals surface area contributed by atoms with Gasteiger partial charge in [0, 0.05) is 25.4 Å². The lowest BCUT2D eigenvalue weighted by Gasteiger charge is -2.61. The van der Waals surface area contributed by atoms with Gasteiger partial charge < -0.3 is 10.0 Å². The van der Waals surface area contributed by atoms with Crippen LogP contribution in [0.1, 0.15) is 44.1 Å². The minimum absolute atomic E-state index is 0.0111. The van der Waals surface area contributed by atoms with Crippen molar-refractivity contribution in [1.82, 2.24) is 4.90 Å². The Morgan fingerprint density at radius 3 is 2.20 bits per heavy atom. The van der Waals surface area contributed by atoms with Gasteiger partial charge in [-0.15, -0.1) is 0 Å². The topological polar surface area (TPSA) is 40.5 Å². The minimum atomic E-state index is -0.216. The average Bonchev–Trinajstić information content (AvgIpc) is 2.58. The quantitative estimate of drug-likeness (QED) is 0.889. The Hall–Kier alpha value is -1.42. The summed E-state index contributed by atoms with van der Waals surface area (Å²) >= 11 is 0. The Bertz CT molecular complexity index is 614. The van der Waals surface area contributed by atoms with Gasteiger partial charge in [0.1, 0.15) is 5.82 Å². The van der Waals surface area contributed by atoms with Crippen LogP contribution in [0.15, 0.2) is 24.3 Å². The lowest BCUT2D eigenvalue weighted by atomic mass is 9.43. The van der Waals surface area contributed by atoms with Gasteiger partial charge in [0.15, 0.2) is 0 Å². The maximum atomic E-state index is 13.5. The van der Waals surface area contributed by atoms with Crippen LogP contribution in [0.2, 0.25) is 0 Å². The van der Waals surface area contributed by atoms with Gasteiger partial charge in [0.05, 0.1) is 6.61 Å². The van der Waals surface area contributed by atoms with Crippen LogP contribution in [0.3, 0.4) is 0 Å². The number of aliphatic hydroxyl groups excluding tert-OH is 1. The molecule has 4 heteroatoms. The summed E-state index contributed by atoms with van der Waals surface area (Å²) in [6.45, 7) is 0.363. The highest BCUT2D eigenvalue weighted by molar-refractivity contribution is 5.78. The van der Waals surface area contributed by atoms with Crippen molar-refractivity contribution in [3.8, 4) is 0 Å². The smallest absolute Gasteiger partial charge is 0.223 e. The molecule has 1 aromatic carbocycles. The molecule has 136 valence electrons. The van der Waals surface area contributed by atoms with E-state index in [-0.39, 0.29) is 23.7 Å². The molecule has 4 bridgehead atoms. The van der Waals surface area contributed by atoms with Crippen LogP contribution in [-0.4, -0.2) is 36.1 Å². The number of hydrogen-bond acceptors (Lipinski definition) is 2. The lowest BCUT2D eigenvalue weighted by Crippen LogP contribution is -2.57. The zero-order chi connectivity index (χ0) is 17.6. The third-order valence-electron chi connectivity index (χ3n) is 7.28. The molecular weight excluding hydrogens is 317 g/mol. The Balaban J connectivity index is 1.71. The molecule has 0 aromatic heterocycles. The second-order valence-electron chi connectivity index (χ2n) is 8.57. The molecule has 0 spiro atoms. The first-order valence-corrected chi connectivity index (χ1v) is 9.63. The number of carbonyl (C=O) groups excluding carboxylic acids is 1. The number of nitrogens with zero attached hydrogens (tertiary/aromatic N) is 1. The molecule has 0 atom stereocenters. The van der Waals surface area contributed by atoms with Gasteiger partial charge in [-0.25, -0.2) is 4.39 Å². The van der Waals surface area contributed by atoms with Gasteiger partial charge >= 0.3 is 0 Å². The first-order chi connectivity index (χ1) is 12.0. The fourth-order valence-electron chi connectivity index (χ4n) is 6.31. The number of halogens is 1. The summed E-state index contributed by atoms with van der Waals surface area (Å²) < 4.78 is 13.5. The summed E-state index contributed by atoms with van der Waals surface area (Å²) in [5.74, 6) is 2.58. The molecule has 4 fully saturated rings. The normalized spacial score (nSPS) is 35.8. The third kappa shape index (κ3) is 2.79. The van der Waals surface area contributed by atoms with Crippen LogP contribution in [-0.2, 0) is 10.2 Å². The lowest BCUT2D eigenvalue weighted by molar-refractivity contribution is -0.138. The van der Waals surface area contributed by atoms with Crippen molar-refractivity contribution < 1.29 is 14.3 Å². The molecule has 1 N–H and O–H groups in total. The predicted octanol–water partition coefficient (Wildman–Crippen LogP) is 3.36. The second kappa shape index (κ2) is 6.39. The molecule has 4 aliphatic rings. The number of carbonyl (C=O) groups is 1. The highest BCUT2D eigenvalue weighted by atomic mass is 19.1. The zero-order valence-corrected chi connectivity index (χ0v) is 15.0. The van der Waals surface area contributed by atoms with Crippen LogP contribution in [0.25, 0.3) is 0 Å². The predicted molar refractivity (Wildman–Crippen MR) is 94.5 cm³/mol. The number of aliphatic hydroxyl groups is 1. The van der Waals surface area contributed by atoms with Crippen LogP contribution in [0.4, 0.5) is 4.39 Å². The molecule has 0 unspecified atom stereocenters. The Kier molecular flexibility index (Phi) is 4.35. The number of hydrogen-bond donors (Lipinski definition) is 1. The van der Waals surface area contributed by atoms with Crippen molar-refractivity contribution in [3.05, 3.63) is 35.6 Å². The van der Waals surface area contributed by atoms with Crippen molar-refractivity contribution in [2.24, 2.45) is 23.7 Å². The van der Waals surface area contributed by atoms with E-state index in [1.54, 1.807) is 24.1 Å². The van der Waals surface area contributed by atoms with E-state index in [2.05, 4.69) is 0 Å². The molecule has 5 rings (SSSR count). The van der Waals surface area contributed by atoms with Crippen molar-refractivity contribution in [1.29, 1.82) is 0 Å². The summed E-state index contributed by atoms with van der Waals surface area (Å²) in [6, 6.07) is 6.92. The Labute approximate surface area is 149 Å². The summed E-state index contributed by atoms with van der Waals surface area (Å²) in [6.07, 6.45) is 6.69. The van der Waals surface area contributed by atoms with E-state index >= 15 is 0 Å². The van der Waals surface area contributed by atoms with Gasteiger partial charge in [0.2, 0.25) is 5.91 Å². The van der Waals surface area contributed by atoms with E-state index in [4.69, 9.17) is 5.11 Å². The highest BCUT2D eigenvalue weighted by Gasteiger charge is 2.58. The van der Waals surface area contributed by atoms with Crippen molar-refractivity contribution >= 4 is 5.91 Å². The molecule has 0 saturated heterocycles. The van der Waals surface area contributed by atoms with E-state index in [0.717, 1.165) is 17.4 Å². The van der Waals surface area contributed by atoms with E-state index in [0.29, 0.717) is 24.8 Å². The number of likely N-dealkylation sites (N-methyl/N-ethyl adjacent to an activating group) is 1. The average molecular weight is 345 g/mol. The van der Waals surface area contributed by atoms with Crippen LogP contribution in [0, 0.1) is 29.5 Å². The van der Waals surface area contributed by atoms with Crippen LogP contribution < -0.4 is 0 Å². The Morgan fingerprint density at radius 1 is 1.12 bits per heavy atom. The molecule has 1 amide bonds. The summed E-state index contributed by atoms with van der Waals surface area (Å²) in [4.78, 5) is 14.6. The zero-order valence-electron chi connectivity index (χ0n) is 15.0. The van der Waals surface area contributed by atoms with E-state index in [1.807, 2.05) is 12.1 Å². The van der Waals surface area contributed by atoms with Crippen molar-refractivity contribution in [2.45, 2.75) is 43.9 Å². The summed E-state index contributed by atoms with van der Waals surface area (Å²) in [7, 11) is 1.77. The third-order valence-corrected chi connectivity index (χ3v) is 7.28. The molecule has 4 aliphatic carbocycles. The van der Waals surface area contributed by atoms with E-state index in [1.165, 1.54) is 32.1 Å². The van der Waals surface area contributed by atoms with Gasteiger partial charge in [-0.3, -0.25) is 4.79 Å². The maximum absolute atomic E-state index is 13.5. The first-order valence-electron chi connectivity index (χ1n) is 9.63. The summed E-state index contributed by atoms with van der Waals surface area (Å²) in [5, 5.41) is 9.17.